The monoisotopic (exact) mass is 564 g/mol. The van der Waals surface area contributed by atoms with Gasteiger partial charge in [0.05, 0.1) is 15.7 Å². The number of nitrogens with one attached hydrogen (secondary N) is 2. The Bertz CT molecular complexity index is 1470. The number of pyridine rings is 1. The molecular weight excluding hydrogens is 536 g/mol. The molecule has 0 amide bonds. The Morgan fingerprint density at radius 3 is 2.29 bits per heavy atom. The quantitative estimate of drug-likeness (QED) is 0.304. The van der Waals surface area contributed by atoms with Crippen molar-refractivity contribution >= 4 is 28.0 Å². The van der Waals surface area contributed by atoms with Crippen molar-refractivity contribution in [2.24, 2.45) is 7.05 Å². The van der Waals surface area contributed by atoms with Crippen LogP contribution in [0.1, 0.15) is 60.8 Å². The smallest absolute Gasteiger partial charge is 0.250 e. The van der Waals surface area contributed by atoms with Gasteiger partial charge in [-0.2, -0.15) is 0 Å². The van der Waals surface area contributed by atoms with E-state index >= 15 is 4.39 Å². The van der Waals surface area contributed by atoms with Crippen LogP contribution in [0, 0.1) is 11.6 Å². The molecule has 0 fully saturated rings. The first kappa shape index (κ1) is 29.7. The Labute approximate surface area is 224 Å². The molecule has 0 bridgehead atoms. The van der Waals surface area contributed by atoms with Crippen molar-refractivity contribution in [1.82, 2.24) is 14.0 Å². The van der Waals surface area contributed by atoms with Crippen LogP contribution in [-0.4, -0.2) is 28.1 Å². The van der Waals surface area contributed by atoms with Gasteiger partial charge in [0.2, 0.25) is 0 Å². The molecule has 1 heterocycles. The second-order valence-electron chi connectivity index (χ2n) is 9.69. The third kappa shape index (κ3) is 6.94. The minimum absolute atomic E-state index is 0.0430. The summed E-state index contributed by atoms with van der Waals surface area (Å²) in [6.07, 6.45) is 1.48. The van der Waals surface area contributed by atoms with E-state index in [0.29, 0.717) is 11.1 Å². The molecule has 2 aromatic carbocycles. The summed E-state index contributed by atoms with van der Waals surface area (Å²) in [5.41, 5.74) is 0.601. The van der Waals surface area contributed by atoms with Gasteiger partial charge in [-0.25, -0.2) is 22.4 Å². The maximum absolute atomic E-state index is 15.1. The Hall–Kier alpha value is -2.90. The summed E-state index contributed by atoms with van der Waals surface area (Å²) in [5, 5.41) is 0. The molecule has 38 heavy (non-hydrogen) atoms. The fourth-order valence-corrected chi connectivity index (χ4v) is 4.76. The fourth-order valence-electron chi connectivity index (χ4n) is 3.69. The maximum Gasteiger partial charge on any atom is 0.250 e. The van der Waals surface area contributed by atoms with Crippen LogP contribution in [-0.2, 0) is 35.8 Å². The lowest BCUT2D eigenvalue weighted by molar-refractivity contribution is 0.103. The van der Waals surface area contributed by atoms with Gasteiger partial charge in [-0.3, -0.25) is 13.8 Å². The van der Waals surface area contributed by atoms with Crippen LogP contribution in [0.4, 0.5) is 8.78 Å². The summed E-state index contributed by atoms with van der Waals surface area (Å²) < 4.78 is 69.2. The summed E-state index contributed by atoms with van der Waals surface area (Å²) in [5.74, 6) is -1.99. The van der Waals surface area contributed by atoms with Gasteiger partial charge in [0, 0.05) is 65.4 Å². The zero-order valence-electron chi connectivity index (χ0n) is 21.5. The number of carbonyl (C=O) groups is 1. The summed E-state index contributed by atoms with van der Waals surface area (Å²) in [7, 11) is 0.00212. The molecule has 204 valence electrons. The Morgan fingerprint density at radius 1 is 1.08 bits per heavy atom. The summed E-state index contributed by atoms with van der Waals surface area (Å²) in [6.45, 7) is 6.67. The van der Waals surface area contributed by atoms with Crippen molar-refractivity contribution in [3.8, 4) is 11.1 Å². The van der Waals surface area contributed by atoms with E-state index in [4.69, 9.17) is 0 Å². The number of rotatable bonds is 9. The molecule has 12 heteroatoms. The van der Waals surface area contributed by atoms with Gasteiger partial charge < -0.3 is 9.12 Å². The number of carbonyl (C=O) groups excluding carboxylic acids is 1. The molecule has 1 unspecified atom stereocenters. The van der Waals surface area contributed by atoms with Gasteiger partial charge in [-0.1, -0.05) is 0 Å². The first-order valence-corrected chi connectivity index (χ1v) is 13.8. The Balaban J connectivity index is 2.27. The molecule has 3 atom stereocenters. The van der Waals surface area contributed by atoms with Gasteiger partial charge in [0.1, 0.15) is 11.6 Å². The maximum atomic E-state index is 15.1. The highest BCUT2D eigenvalue weighted by Crippen LogP contribution is 2.34. The summed E-state index contributed by atoms with van der Waals surface area (Å²) >= 11 is -2.66. The van der Waals surface area contributed by atoms with Crippen molar-refractivity contribution in [3.63, 3.8) is 0 Å². The molecule has 0 radical (unpaired) electrons. The lowest BCUT2D eigenvalue weighted by Crippen LogP contribution is -2.35. The van der Waals surface area contributed by atoms with Crippen molar-refractivity contribution in [2.75, 3.05) is 0 Å². The van der Waals surface area contributed by atoms with Crippen molar-refractivity contribution in [1.29, 1.82) is 0 Å². The van der Waals surface area contributed by atoms with E-state index in [2.05, 4.69) is 9.44 Å². The highest BCUT2D eigenvalue weighted by Gasteiger charge is 2.26. The first-order chi connectivity index (χ1) is 17.7. The molecule has 0 aliphatic rings. The largest absolute Gasteiger partial charge is 0.760 e. The number of hydrogen-bond donors (Lipinski definition) is 2. The van der Waals surface area contributed by atoms with E-state index in [1.54, 1.807) is 27.7 Å². The minimum Gasteiger partial charge on any atom is -0.760 e. The minimum atomic E-state index is -2.66. The van der Waals surface area contributed by atoms with E-state index in [-0.39, 0.29) is 34.4 Å². The van der Waals surface area contributed by atoms with Crippen LogP contribution in [0.2, 0.25) is 0 Å². The average Bonchev–Trinajstić information content (AvgIpc) is 2.83. The van der Waals surface area contributed by atoms with E-state index in [1.807, 2.05) is 0 Å². The number of hydrogen-bond acceptors (Lipinski definition) is 5. The summed E-state index contributed by atoms with van der Waals surface area (Å²) in [4.78, 5) is 26.1. The number of aromatic nitrogens is 1. The van der Waals surface area contributed by atoms with Crippen LogP contribution >= 0.6 is 0 Å². The van der Waals surface area contributed by atoms with Crippen LogP contribution in [0.15, 0.2) is 53.5 Å². The van der Waals surface area contributed by atoms with Gasteiger partial charge >= 0.3 is 0 Å². The first-order valence-electron chi connectivity index (χ1n) is 11.5. The fraction of sp³-hybridized carbons (Fsp3) is 0.308. The molecule has 1 aromatic heterocycles. The third-order valence-electron chi connectivity index (χ3n) is 5.78. The zero-order valence-corrected chi connectivity index (χ0v) is 23.1. The zero-order chi connectivity index (χ0) is 28.4. The van der Waals surface area contributed by atoms with E-state index in [0.717, 1.165) is 18.2 Å². The molecule has 0 aliphatic carbocycles. The second-order valence-corrected chi connectivity index (χ2v) is 12.4. The predicted molar refractivity (Wildman–Crippen MR) is 142 cm³/mol. The molecule has 0 saturated heterocycles. The highest BCUT2D eigenvalue weighted by molar-refractivity contribution is 7.84. The second kappa shape index (κ2) is 11.9. The van der Waals surface area contributed by atoms with Crippen LogP contribution in [0.25, 0.3) is 11.1 Å². The van der Waals surface area contributed by atoms with Crippen LogP contribution < -0.4 is 15.0 Å². The Morgan fingerprint density at radius 2 is 1.71 bits per heavy atom. The van der Waals surface area contributed by atoms with E-state index in [9.17, 15) is 27.0 Å². The van der Waals surface area contributed by atoms with Gasteiger partial charge in [-0.05, 0) is 75.2 Å². The number of nitrogens with zero attached hydrogens (tertiary/aromatic N) is 1. The number of benzene rings is 2. The topological polar surface area (TPSA) is 120 Å². The van der Waals surface area contributed by atoms with Crippen LogP contribution in [0.5, 0.6) is 0 Å². The lowest BCUT2D eigenvalue weighted by Gasteiger charge is -2.24. The highest BCUT2D eigenvalue weighted by atomic mass is 32.2. The standard InChI is InChI=1S/C26H29F2N3O5S2/c1-15(30-37(34)26(2,3)4)19-12-24(32)31(5)14-22(19)20-10-17(13-29-38(35)36)23(28)11-21(20)25(33)16-6-8-18(27)9-7-16/h6-12,14-15,29-30H,13H2,1-5H3,(H,35,36)/p-1/t15-,37-/m0/s1. The van der Waals surface area contributed by atoms with Crippen molar-refractivity contribution < 1.29 is 26.5 Å². The van der Waals surface area contributed by atoms with E-state index < -0.39 is 50.5 Å². The lowest BCUT2D eigenvalue weighted by atomic mass is 9.89. The third-order valence-corrected chi connectivity index (χ3v) is 7.84. The summed E-state index contributed by atoms with van der Waals surface area (Å²) in [6, 6.07) is 7.80. The molecule has 3 aromatic rings. The van der Waals surface area contributed by atoms with Gasteiger partial charge in [-0.15, -0.1) is 0 Å². The molecule has 0 spiro atoms. The molecule has 0 aliphatic heterocycles. The van der Waals surface area contributed by atoms with Gasteiger partial charge in [0.25, 0.3) is 5.56 Å². The number of aryl methyl sites for hydroxylation is 1. The van der Waals surface area contributed by atoms with Crippen LogP contribution in [0.3, 0.4) is 0 Å². The Kier molecular flexibility index (Phi) is 9.26. The SMILES string of the molecule is C[C@H](N[S@@](=O)C(C)(C)C)c1cc(=O)n(C)cc1-c1cc(CNS(=O)[O-])c(F)cc1C(=O)c1ccc(F)cc1. The van der Waals surface area contributed by atoms with Crippen molar-refractivity contribution in [2.45, 2.75) is 45.0 Å². The molecule has 8 nitrogen and oxygen atoms in total. The normalized spacial score (nSPS) is 14.2. The number of halogens is 2. The predicted octanol–water partition coefficient (Wildman–Crippen LogP) is 3.56. The van der Waals surface area contributed by atoms with Crippen molar-refractivity contribution in [3.05, 3.63) is 92.9 Å². The molecule has 0 saturated carbocycles. The van der Waals surface area contributed by atoms with Gasteiger partial charge in [0.15, 0.2) is 5.78 Å². The molecule has 3 rings (SSSR count). The number of ketones is 1. The molecular formula is C26H28F2N3O5S2-. The van der Waals surface area contributed by atoms with E-state index in [1.165, 1.54) is 42.1 Å². The molecule has 2 N–H and O–H groups in total. The average molecular weight is 565 g/mol.